The maximum Gasteiger partial charge on any atom is 0.161 e. The third-order valence-corrected chi connectivity index (χ3v) is 4.12. The van der Waals surface area contributed by atoms with E-state index in [1.807, 2.05) is 31.2 Å². The van der Waals surface area contributed by atoms with Crippen LogP contribution in [0.2, 0.25) is 0 Å². The highest BCUT2D eigenvalue weighted by molar-refractivity contribution is 5.85. The normalized spacial score (nSPS) is 15.3. The molecule has 0 bridgehead atoms. The van der Waals surface area contributed by atoms with E-state index in [2.05, 4.69) is 17.1 Å². The highest BCUT2D eigenvalue weighted by atomic mass is 35.5. The Balaban J connectivity index is 0.00000264. The fourth-order valence-corrected chi connectivity index (χ4v) is 3.05. The van der Waals surface area contributed by atoms with Crippen LogP contribution in [-0.2, 0) is 0 Å². The van der Waals surface area contributed by atoms with Gasteiger partial charge in [0.2, 0.25) is 0 Å². The minimum Gasteiger partial charge on any atom is -0.490 e. The van der Waals surface area contributed by atoms with Crippen LogP contribution in [0.1, 0.15) is 33.1 Å². The predicted octanol–water partition coefficient (Wildman–Crippen LogP) is 3.35. The summed E-state index contributed by atoms with van der Waals surface area (Å²) in [5.74, 6) is 1.69. The minimum atomic E-state index is 0. The van der Waals surface area contributed by atoms with Crippen LogP contribution in [0.15, 0.2) is 24.3 Å². The summed E-state index contributed by atoms with van der Waals surface area (Å²) in [4.78, 5) is 2.59. The van der Waals surface area contributed by atoms with Gasteiger partial charge in [-0.15, -0.1) is 12.4 Å². The zero-order chi connectivity index (χ0) is 15.6. The lowest BCUT2D eigenvalue weighted by Gasteiger charge is -2.34. The molecule has 1 aromatic rings. The van der Waals surface area contributed by atoms with Gasteiger partial charge in [-0.3, -0.25) is 4.90 Å². The van der Waals surface area contributed by atoms with Crippen molar-refractivity contribution in [2.75, 3.05) is 39.4 Å². The molecule has 23 heavy (non-hydrogen) atoms. The zero-order valence-corrected chi connectivity index (χ0v) is 15.2. The van der Waals surface area contributed by atoms with Gasteiger partial charge in [-0.05, 0) is 58.0 Å². The van der Waals surface area contributed by atoms with Crippen molar-refractivity contribution in [1.82, 2.24) is 10.2 Å². The summed E-state index contributed by atoms with van der Waals surface area (Å²) in [5.41, 5.74) is 0. The van der Waals surface area contributed by atoms with Gasteiger partial charge < -0.3 is 14.8 Å². The molecule has 0 aromatic heterocycles. The number of nitrogens with one attached hydrogen (secondary N) is 1. The highest BCUT2D eigenvalue weighted by Gasteiger charge is 2.20. The summed E-state index contributed by atoms with van der Waals surface area (Å²) >= 11 is 0. The summed E-state index contributed by atoms with van der Waals surface area (Å²) < 4.78 is 11.6. The molecule has 5 heteroatoms. The van der Waals surface area contributed by atoms with Gasteiger partial charge in [-0.1, -0.05) is 19.1 Å². The fraction of sp³-hybridized carbons (Fsp3) is 0.667. The van der Waals surface area contributed by atoms with Crippen LogP contribution >= 0.6 is 12.4 Å². The van der Waals surface area contributed by atoms with Crippen LogP contribution < -0.4 is 14.8 Å². The smallest absolute Gasteiger partial charge is 0.161 e. The van der Waals surface area contributed by atoms with Crippen molar-refractivity contribution in [2.45, 2.75) is 39.2 Å². The Kier molecular flexibility index (Phi) is 10.1. The van der Waals surface area contributed by atoms with Crippen molar-refractivity contribution in [3.8, 4) is 11.5 Å². The van der Waals surface area contributed by atoms with Gasteiger partial charge in [-0.25, -0.2) is 0 Å². The van der Waals surface area contributed by atoms with Crippen molar-refractivity contribution in [1.29, 1.82) is 0 Å². The lowest BCUT2D eigenvalue weighted by Crippen LogP contribution is -2.45. The molecule has 1 saturated heterocycles. The van der Waals surface area contributed by atoms with E-state index in [1.54, 1.807) is 0 Å². The Bertz CT molecular complexity index is 425. The van der Waals surface area contributed by atoms with Crippen molar-refractivity contribution in [2.24, 2.45) is 0 Å². The Hall–Kier alpha value is -0.970. The second-order valence-corrected chi connectivity index (χ2v) is 5.75. The van der Waals surface area contributed by atoms with E-state index in [1.165, 1.54) is 19.3 Å². The van der Waals surface area contributed by atoms with Crippen LogP contribution in [0.5, 0.6) is 11.5 Å². The number of para-hydroxylation sites is 2. The number of benzene rings is 1. The first-order valence-electron chi connectivity index (χ1n) is 8.64. The molecule has 1 aliphatic heterocycles. The second-order valence-electron chi connectivity index (χ2n) is 5.75. The topological polar surface area (TPSA) is 33.7 Å². The van der Waals surface area contributed by atoms with Gasteiger partial charge in [0.15, 0.2) is 11.5 Å². The van der Waals surface area contributed by atoms with Gasteiger partial charge >= 0.3 is 0 Å². The highest BCUT2D eigenvalue weighted by Crippen LogP contribution is 2.26. The Morgan fingerprint density at radius 2 is 1.70 bits per heavy atom. The molecule has 0 amide bonds. The Morgan fingerprint density at radius 1 is 1.04 bits per heavy atom. The van der Waals surface area contributed by atoms with Gasteiger partial charge in [0.25, 0.3) is 0 Å². The Morgan fingerprint density at radius 3 is 2.30 bits per heavy atom. The predicted molar refractivity (Wildman–Crippen MR) is 98.1 cm³/mol. The molecule has 132 valence electrons. The summed E-state index contributed by atoms with van der Waals surface area (Å²) in [7, 11) is 0. The van der Waals surface area contributed by atoms with Crippen molar-refractivity contribution < 1.29 is 9.47 Å². The molecular weight excluding hydrogens is 312 g/mol. The Labute approximate surface area is 146 Å². The quantitative estimate of drug-likeness (QED) is 0.746. The van der Waals surface area contributed by atoms with E-state index in [0.29, 0.717) is 19.3 Å². The molecule has 0 unspecified atom stereocenters. The van der Waals surface area contributed by atoms with E-state index >= 15 is 0 Å². The van der Waals surface area contributed by atoms with E-state index in [-0.39, 0.29) is 12.4 Å². The summed E-state index contributed by atoms with van der Waals surface area (Å²) in [5, 5.41) is 3.44. The van der Waals surface area contributed by atoms with Gasteiger partial charge in [-0.2, -0.15) is 0 Å². The lowest BCUT2D eigenvalue weighted by atomic mass is 10.0. The number of halogens is 1. The molecule has 1 fully saturated rings. The fourth-order valence-electron chi connectivity index (χ4n) is 3.05. The summed E-state index contributed by atoms with van der Waals surface area (Å²) in [6.45, 7) is 10.0. The van der Waals surface area contributed by atoms with Crippen LogP contribution in [0, 0.1) is 0 Å². The molecule has 0 spiro atoms. The molecular formula is C18H31ClN2O2. The monoisotopic (exact) mass is 342 g/mol. The van der Waals surface area contributed by atoms with Gasteiger partial charge in [0.05, 0.1) is 6.61 Å². The first kappa shape index (κ1) is 20.1. The molecule has 1 aromatic carbocycles. The van der Waals surface area contributed by atoms with Crippen molar-refractivity contribution >= 4 is 12.4 Å². The van der Waals surface area contributed by atoms with Gasteiger partial charge in [0.1, 0.15) is 6.61 Å². The SMILES string of the molecule is CCCN(CCOc1ccccc1OCC)C1CCNCC1.Cl. The number of ether oxygens (including phenoxy) is 2. The maximum absolute atomic E-state index is 5.98. The largest absolute Gasteiger partial charge is 0.490 e. The van der Waals surface area contributed by atoms with E-state index in [0.717, 1.165) is 37.7 Å². The minimum absolute atomic E-state index is 0. The van der Waals surface area contributed by atoms with E-state index in [4.69, 9.17) is 9.47 Å². The number of piperidine rings is 1. The summed E-state index contributed by atoms with van der Waals surface area (Å²) in [6, 6.07) is 8.63. The van der Waals surface area contributed by atoms with E-state index in [9.17, 15) is 0 Å². The molecule has 1 aliphatic rings. The molecule has 0 radical (unpaired) electrons. The summed E-state index contributed by atoms with van der Waals surface area (Å²) in [6.07, 6.45) is 3.69. The average Bonchev–Trinajstić information content (AvgIpc) is 2.57. The first-order chi connectivity index (χ1) is 10.8. The molecule has 0 atom stereocenters. The van der Waals surface area contributed by atoms with Crippen LogP contribution in [0.25, 0.3) is 0 Å². The maximum atomic E-state index is 5.98. The van der Waals surface area contributed by atoms with Gasteiger partial charge in [0, 0.05) is 12.6 Å². The van der Waals surface area contributed by atoms with Crippen molar-refractivity contribution in [3.63, 3.8) is 0 Å². The molecule has 1 N–H and O–H groups in total. The zero-order valence-electron chi connectivity index (χ0n) is 14.4. The third kappa shape index (κ3) is 6.58. The molecule has 4 nitrogen and oxygen atoms in total. The second kappa shape index (κ2) is 11.5. The number of hydrogen-bond donors (Lipinski definition) is 1. The average molecular weight is 343 g/mol. The third-order valence-electron chi connectivity index (χ3n) is 4.12. The molecule has 1 heterocycles. The number of rotatable bonds is 9. The first-order valence-corrected chi connectivity index (χ1v) is 8.64. The number of hydrogen-bond acceptors (Lipinski definition) is 4. The van der Waals surface area contributed by atoms with Crippen LogP contribution in [-0.4, -0.2) is 50.3 Å². The standard InChI is InChI=1S/C18H30N2O2.ClH/c1-3-13-20(16-9-11-19-12-10-16)14-15-22-18-8-6-5-7-17(18)21-4-2;/h5-8,16,19H,3-4,9-15H2,1-2H3;1H. The van der Waals surface area contributed by atoms with E-state index < -0.39 is 0 Å². The molecule has 2 rings (SSSR count). The van der Waals surface area contributed by atoms with Crippen molar-refractivity contribution in [3.05, 3.63) is 24.3 Å². The van der Waals surface area contributed by atoms with Crippen LogP contribution in [0.3, 0.4) is 0 Å². The lowest BCUT2D eigenvalue weighted by molar-refractivity contribution is 0.133. The molecule has 0 saturated carbocycles. The van der Waals surface area contributed by atoms with Crippen LogP contribution in [0.4, 0.5) is 0 Å². The number of nitrogens with zero attached hydrogens (tertiary/aromatic N) is 1. The molecule has 0 aliphatic carbocycles.